The van der Waals surface area contributed by atoms with Crippen LogP contribution in [0.15, 0.2) is 15.5 Å². The number of ether oxygens (including phenoxy) is 1. The van der Waals surface area contributed by atoms with Crippen LogP contribution < -0.4 is 10.9 Å². The number of nitrogens with one attached hydrogen (secondary N) is 2. The summed E-state index contributed by atoms with van der Waals surface area (Å²) in [7, 11) is 0. The quantitative estimate of drug-likeness (QED) is 0.751. The van der Waals surface area contributed by atoms with E-state index in [4.69, 9.17) is 4.74 Å². The van der Waals surface area contributed by atoms with Gasteiger partial charge in [0.05, 0.1) is 11.9 Å². The predicted octanol–water partition coefficient (Wildman–Crippen LogP) is 1.76. The number of H-pyrrole nitrogens is 1. The molecule has 0 aliphatic carbocycles. The molecule has 0 bridgehead atoms. The number of hydrogen-bond donors (Lipinski definition) is 2. The molecule has 1 rings (SSSR count). The lowest BCUT2D eigenvalue weighted by molar-refractivity contribution is 0.134. The number of anilines is 1. The first-order valence-corrected chi connectivity index (χ1v) is 6.09. The van der Waals surface area contributed by atoms with Gasteiger partial charge in [-0.25, -0.2) is 5.10 Å². The molecule has 0 unspecified atom stereocenters. The van der Waals surface area contributed by atoms with Crippen LogP contribution in [0, 0.1) is 0 Å². The highest BCUT2D eigenvalue weighted by atomic mass is 79.9. The highest BCUT2D eigenvalue weighted by Gasteiger charge is 2.02. The summed E-state index contributed by atoms with van der Waals surface area (Å²) in [5, 5.41) is 9.17. The van der Waals surface area contributed by atoms with Crippen LogP contribution in [0.4, 0.5) is 5.69 Å². The first-order chi connectivity index (χ1) is 7.75. The molecule has 0 saturated carbocycles. The summed E-state index contributed by atoms with van der Waals surface area (Å²) in [5.74, 6) is 0. The number of aromatic amines is 1. The Hall–Kier alpha value is -0.880. The standard InChI is InChI=1S/C10H16BrN3O2/c1-2-5-16-6-3-4-12-8-7-13-14-10(15)9(8)11/h7H,2-6H2,1H3,(H2,12,14,15). The molecule has 0 aromatic carbocycles. The van der Waals surface area contributed by atoms with Crippen LogP contribution in [-0.2, 0) is 4.74 Å². The van der Waals surface area contributed by atoms with Gasteiger partial charge in [0.25, 0.3) is 5.56 Å². The van der Waals surface area contributed by atoms with E-state index in [0.717, 1.165) is 32.6 Å². The van der Waals surface area contributed by atoms with E-state index in [9.17, 15) is 4.79 Å². The van der Waals surface area contributed by atoms with Gasteiger partial charge in [-0.05, 0) is 28.8 Å². The molecule has 1 aromatic heterocycles. The molecule has 0 aliphatic heterocycles. The Balaban J connectivity index is 2.27. The van der Waals surface area contributed by atoms with Crippen molar-refractivity contribution >= 4 is 21.6 Å². The Morgan fingerprint density at radius 3 is 3.12 bits per heavy atom. The van der Waals surface area contributed by atoms with E-state index in [1.807, 2.05) is 0 Å². The van der Waals surface area contributed by atoms with Gasteiger partial charge in [0.15, 0.2) is 0 Å². The van der Waals surface area contributed by atoms with E-state index in [-0.39, 0.29) is 5.56 Å². The molecule has 90 valence electrons. The van der Waals surface area contributed by atoms with Crippen molar-refractivity contribution in [3.8, 4) is 0 Å². The van der Waals surface area contributed by atoms with E-state index in [1.54, 1.807) is 6.20 Å². The summed E-state index contributed by atoms with van der Waals surface area (Å²) >= 11 is 3.20. The van der Waals surface area contributed by atoms with Gasteiger partial charge < -0.3 is 10.1 Å². The number of hydrogen-bond acceptors (Lipinski definition) is 4. The fourth-order valence-corrected chi connectivity index (χ4v) is 1.48. The van der Waals surface area contributed by atoms with Crippen molar-refractivity contribution in [1.82, 2.24) is 10.2 Å². The number of nitrogens with zero attached hydrogens (tertiary/aromatic N) is 1. The van der Waals surface area contributed by atoms with Crippen molar-refractivity contribution in [2.45, 2.75) is 19.8 Å². The van der Waals surface area contributed by atoms with Crippen molar-refractivity contribution in [2.75, 3.05) is 25.1 Å². The smallest absolute Gasteiger partial charge is 0.280 e. The van der Waals surface area contributed by atoms with E-state index in [0.29, 0.717) is 10.2 Å². The van der Waals surface area contributed by atoms with Crippen LogP contribution in [0.25, 0.3) is 0 Å². The molecule has 0 fully saturated rings. The topological polar surface area (TPSA) is 67.0 Å². The van der Waals surface area contributed by atoms with E-state index in [2.05, 4.69) is 38.4 Å². The zero-order valence-corrected chi connectivity index (χ0v) is 10.8. The first kappa shape index (κ1) is 13.2. The molecular formula is C10H16BrN3O2. The van der Waals surface area contributed by atoms with Crippen molar-refractivity contribution in [3.05, 3.63) is 21.0 Å². The normalized spacial score (nSPS) is 10.4. The maximum Gasteiger partial charge on any atom is 0.280 e. The van der Waals surface area contributed by atoms with Crippen molar-refractivity contribution in [1.29, 1.82) is 0 Å². The second-order valence-corrected chi connectivity index (χ2v) is 4.11. The van der Waals surface area contributed by atoms with Gasteiger partial charge in [0, 0.05) is 19.8 Å². The molecule has 0 atom stereocenters. The summed E-state index contributed by atoms with van der Waals surface area (Å²) in [6, 6.07) is 0. The molecule has 2 N–H and O–H groups in total. The molecule has 0 spiro atoms. The molecule has 0 radical (unpaired) electrons. The Bertz CT molecular complexity index is 367. The Kier molecular flexibility index (Phi) is 6.10. The first-order valence-electron chi connectivity index (χ1n) is 5.30. The summed E-state index contributed by atoms with van der Waals surface area (Å²) in [5.41, 5.74) is 0.478. The molecule has 0 amide bonds. The number of halogens is 1. The SMILES string of the molecule is CCCOCCCNc1cn[nH]c(=O)c1Br. The van der Waals surface area contributed by atoms with Crippen molar-refractivity contribution < 1.29 is 4.74 Å². The van der Waals surface area contributed by atoms with Crippen molar-refractivity contribution in [2.24, 2.45) is 0 Å². The minimum Gasteiger partial charge on any atom is -0.383 e. The fraction of sp³-hybridized carbons (Fsp3) is 0.600. The predicted molar refractivity (Wildman–Crippen MR) is 66.8 cm³/mol. The van der Waals surface area contributed by atoms with Crippen LogP contribution in [-0.4, -0.2) is 30.0 Å². The Labute approximate surface area is 103 Å². The summed E-state index contributed by atoms with van der Waals surface area (Å²) in [6.45, 7) is 4.37. The fourth-order valence-electron chi connectivity index (χ4n) is 1.15. The van der Waals surface area contributed by atoms with Gasteiger partial charge in [0.2, 0.25) is 0 Å². The third-order valence-corrected chi connectivity index (χ3v) is 2.71. The summed E-state index contributed by atoms with van der Waals surface area (Å²) < 4.78 is 5.82. The van der Waals surface area contributed by atoms with Crippen LogP contribution in [0.3, 0.4) is 0 Å². The Morgan fingerprint density at radius 1 is 1.56 bits per heavy atom. The second kappa shape index (κ2) is 7.40. The summed E-state index contributed by atoms with van der Waals surface area (Å²) in [6.07, 6.45) is 3.52. The molecule has 0 saturated heterocycles. The maximum atomic E-state index is 11.2. The van der Waals surface area contributed by atoms with Crippen molar-refractivity contribution in [3.63, 3.8) is 0 Å². The molecule has 1 aromatic rings. The number of rotatable bonds is 7. The molecule has 5 nitrogen and oxygen atoms in total. The lowest BCUT2D eigenvalue weighted by atomic mass is 10.4. The van der Waals surface area contributed by atoms with Gasteiger partial charge in [0.1, 0.15) is 4.47 Å². The minimum absolute atomic E-state index is 0.229. The van der Waals surface area contributed by atoms with Gasteiger partial charge in [-0.2, -0.15) is 5.10 Å². The molecule has 1 heterocycles. The average molecular weight is 290 g/mol. The highest BCUT2D eigenvalue weighted by Crippen LogP contribution is 2.14. The van der Waals surface area contributed by atoms with Gasteiger partial charge in [-0.1, -0.05) is 6.92 Å². The van der Waals surface area contributed by atoms with Gasteiger partial charge >= 0.3 is 0 Å². The lowest BCUT2D eigenvalue weighted by Crippen LogP contribution is -2.13. The van der Waals surface area contributed by atoms with E-state index in [1.165, 1.54) is 0 Å². The monoisotopic (exact) mass is 289 g/mol. The van der Waals surface area contributed by atoms with Gasteiger partial charge in [-0.3, -0.25) is 4.79 Å². The zero-order valence-electron chi connectivity index (χ0n) is 9.25. The third-order valence-electron chi connectivity index (χ3n) is 1.92. The second-order valence-electron chi connectivity index (χ2n) is 3.32. The molecule has 0 aliphatic rings. The average Bonchev–Trinajstić information content (AvgIpc) is 2.29. The highest BCUT2D eigenvalue weighted by molar-refractivity contribution is 9.10. The largest absolute Gasteiger partial charge is 0.383 e. The van der Waals surface area contributed by atoms with E-state index < -0.39 is 0 Å². The van der Waals surface area contributed by atoms with Crippen LogP contribution in [0.1, 0.15) is 19.8 Å². The Morgan fingerprint density at radius 2 is 2.38 bits per heavy atom. The summed E-state index contributed by atoms with van der Waals surface area (Å²) in [4.78, 5) is 11.2. The van der Waals surface area contributed by atoms with Crippen LogP contribution >= 0.6 is 15.9 Å². The molecule has 16 heavy (non-hydrogen) atoms. The minimum atomic E-state index is -0.229. The maximum absolute atomic E-state index is 11.2. The molecular weight excluding hydrogens is 274 g/mol. The molecule has 6 heteroatoms. The number of aromatic nitrogens is 2. The van der Waals surface area contributed by atoms with Crippen LogP contribution in [0.5, 0.6) is 0 Å². The van der Waals surface area contributed by atoms with Crippen LogP contribution in [0.2, 0.25) is 0 Å². The van der Waals surface area contributed by atoms with Gasteiger partial charge in [-0.15, -0.1) is 0 Å². The zero-order chi connectivity index (χ0) is 11.8. The lowest BCUT2D eigenvalue weighted by Gasteiger charge is -2.07. The third kappa shape index (κ3) is 4.32. The van der Waals surface area contributed by atoms with E-state index >= 15 is 0 Å².